The smallest absolute Gasteiger partial charge is 0.374 e. The summed E-state index contributed by atoms with van der Waals surface area (Å²) in [6.07, 6.45) is -0.459. The zero-order valence-corrected chi connectivity index (χ0v) is 8.51. The highest BCUT2D eigenvalue weighted by atomic mass is 16.6. The normalized spacial score (nSPS) is 11.6. The van der Waals surface area contributed by atoms with Crippen LogP contribution in [0.4, 0.5) is 0 Å². The van der Waals surface area contributed by atoms with Gasteiger partial charge in [0.25, 0.3) is 0 Å². The van der Waals surface area contributed by atoms with E-state index in [4.69, 9.17) is 14.7 Å². The molecule has 1 aromatic heterocycles. The van der Waals surface area contributed by atoms with Crippen molar-refractivity contribution in [3.8, 4) is 0 Å². The minimum Gasteiger partial charge on any atom is -0.457 e. The fourth-order valence-corrected chi connectivity index (χ4v) is 0.974. The Bertz CT molecular complexity index is 393. The highest BCUT2D eigenvalue weighted by Crippen LogP contribution is 2.09. The molecule has 0 saturated carbocycles. The molecule has 1 aromatic rings. The van der Waals surface area contributed by atoms with Crippen LogP contribution in [0.15, 0.2) is 21.7 Å². The Morgan fingerprint density at radius 3 is 3.00 bits per heavy atom. The topological polar surface area (TPSA) is 88.2 Å². The molecule has 15 heavy (non-hydrogen) atoms. The summed E-state index contributed by atoms with van der Waals surface area (Å²) in [5, 5.41) is 3.30. The van der Waals surface area contributed by atoms with E-state index in [9.17, 15) is 4.79 Å². The van der Waals surface area contributed by atoms with Crippen molar-refractivity contribution in [2.75, 3.05) is 6.54 Å². The molecule has 1 rings (SSSR count). The average Bonchev–Trinajstić information content (AvgIpc) is 2.61. The Hall–Kier alpha value is -1.94. The summed E-state index contributed by atoms with van der Waals surface area (Å²) >= 11 is 0. The van der Waals surface area contributed by atoms with E-state index in [1.807, 2.05) is 0 Å². The van der Waals surface area contributed by atoms with E-state index in [1.165, 1.54) is 6.07 Å². The van der Waals surface area contributed by atoms with Gasteiger partial charge in [0.2, 0.25) is 5.76 Å². The molecular weight excluding hydrogens is 198 g/mol. The minimum absolute atomic E-state index is 0.113. The number of carbonyl (C=O) groups is 1. The Balaban J connectivity index is 2.52. The van der Waals surface area contributed by atoms with Crippen LogP contribution in [0.25, 0.3) is 10.4 Å². The summed E-state index contributed by atoms with van der Waals surface area (Å²) in [7, 11) is 0. The third kappa shape index (κ3) is 3.36. The van der Waals surface area contributed by atoms with Crippen molar-refractivity contribution in [3.63, 3.8) is 0 Å². The molecule has 80 valence electrons. The first-order chi connectivity index (χ1) is 7.13. The second-order valence-corrected chi connectivity index (χ2v) is 3.04. The van der Waals surface area contributed by atoms with Crippen LogP contribution in [0.5, 0.6) is 0 Å². The number of azide groups is 1. The van der Waals surface area contributed by atoms with Gasteiger partial charge in [-0.15, -0.1) is 0 Å². The number of ether oxygens (including phenoxy) is 1. The predicted octanol–water partition coefficient (Wildman–Crippen LogP) is 2.44. The van der Waals surface area contributed by atoms with Gasteiger partial charge in [0.05, 0.1) is 6.54 Å². The Labute approximate surface area is 86.5 Å². The second-order valence-electron chi connectivity index (χ2n) is 3.04. The van der Waals surface area contributed by atoms with E-state index in [1.54, 1.807) is 19.9 Å². The first kappa shape index (κ1) is 11.1. The molecule has 1 atom stereocenters. The Kier molecular flexibility index (Phi) is 3.76. The maximum absolute atomic E-state index is 11.4. The molecule has 6 nitrogen and oxygen atoms in total. The highest BCUT2D eigenvalue weighted by Gasteiger charge is 2.14. The van der Waals surface area contributed by atoms with Gasteiger partial charge in [0.15, 0.2) is 0 Å². The van der Waals surface area contributed by atoms with Crippen LogP contribution in [0, 0.1) is 6.92 Å². The Morgan fingerprint density at radius 2 is 2.47 bits per heavy atom. The molecule has 0 aliphatic heterocycles. The van der Waals surface area contributed by atoms with E-state index >= 15 is 0 Å². The summed E-state index contributed by atoms with van der Waals surface area (Å²) in [5.74, 6) is 0.244. The molecule has 0 aliphatic rings. The average molecular weight is 209 g/mol. The van der Waals surface area contributed by atoms with Gasteiger partial charge in [-0.05, 0) is 31.5 Å². The lowest BCUT2D eigenvalue weighted by molar-refractivity contribution is 0.0321. The lowest BCUT2D eigenvalue weighted by Gasteiger charge is -2.08. The van der Waals surface area contributed by atoms with E-state index in [0.29, 0.717) is 5.76 Å². The third-order valence-corrected chi connectivity index (χ3v) is 1.65. The second kappa shape index (κ2) is 5.07. The van der Waals surface area contributed by atoms with Gasteiger partial charge in [-0.2, -0.15) is 0 Å². The van der Waals surface area contributed by atoms with Gasteiger partial charge >= 0.3 is 5.97 Å². The van der Waals surface area contributed by atoms with Crippen molar-refractivity contribution in [1.29, 1.82) is 0 Å². The molecule has 0 saturated heterocycles. The van der Waals surface area contributed by atoms with Gasteiger partial charge in [0.1, 0.15) is 11.9 Å². The zero-order chi connectivity index (χ0) is 11.3. The van der Waals surface area contributed by atoms with Gasteiger partial charge in [-0.3, -0.25) is 0 Å². The summed E-state index contributed by atoms with van der Waals surface area (Å²) in [6.45, 7) is 3.49. The van der Waals surface area contributed by atoms with Gasteiger partial charge in [-0.25, -0.2) is 4.79 Å². The van der Waals surface area contributed by atoms with Crippen LogP contribution in [0.1, 0.15) is 23.2 Å². The number of furan rings is 1. The molecule has 1 heterocycles. The molecular formula is C9H11N3O3. The van der Waals surface area contributed by atoms with Gasteiger partial charge < -0.3 is 9.15 Å². The molecule has 0 amide bonds. The number of hydrogen-bond acceptors (Lipinski definition) is 4. The number of carbonyl (C=O) groups excluding carboxylic acids is 1. The van der Waals surface area contributed by atoms with Crippen LogP contribution in [-0.4, -0.2) is 18.6 Å². The van der Waals surface area contributed by atoms with E-state index in [0.717, 1.165) is 0 Å². The summed E-state index contributed by atoms with van der Waals surface area (Å²) in [5.41, 5.74) is 8.07. The first-order valence-corrected chi connectivity index (χ1v) is 4.41. The lowest BCUT2D eigenvalue weighted by Crippen LogP contribution is -2.17. The molecule has 0 radical (unpaired) electrons. The fraction of sp³-hybridized carbons (Fsp3) is 0.444. The first-order valence-electron chi connectivity index (χ1n) is 4.41. The monoisotopic (exact) mass is 209 g/mol. The fourth-order valence-electron chi connectivity index (χ4n) is 0.974. The summed E-state index contributed by atoms with van der Waals surface area (Å²) < 4.78 is 10.0. The third-order valence-electron chi connectivity index (χ3n) is 1.65. The largest absolute Gasteiger partial charge is 0.457 e. The standard InChI is InChI=1S/C9H11N3O3/c1-6-3-4-8(14-6)9(13)15-7(2)5-11-12-10/h3-4,7H,5H2,1-2H3. The SMILES string of the molecule is Cc1ccc(C(=O)OC(C)CN=[N+]=[N-])o1. The van der Waals surface area contributed by atoms with Crippen molar-refractivity contribution >= 4 is 5.97 Å². The molecule has 0 aliphatic carbocycles. The zero-order valence-electron chi connectivity index (χ0n) is 8.51. The van der Waals surface area contributed by atoms with E-state index < -0.39 is 12.1 Å². The number of nitrogens with zero attached hydrogens (tertiary/aromatic N) is 3. The van der Waals surface area contributed by atoms with Crippen molar-refractivity contribution < 1.29 is 13.9 Å². The molecule has 1 unspecified atom stereocenters. The van der Waals surface area contributed by atoms with Gasteiger partial charge in [0, 0.05) is 4.91 Å². The van der Waals surface area contributed by atoms with Crippen molar-refractivity contribution in [2.45, 2.75) is 20.0 Å². The Morgan fingerprint density at radius 1 is 1.73 bits per heavy atom. The molecule has 0 spiro atoms. The van der Waals surface area contributed by atoms with Crippen LogP contribution in [0.2, 0.25) is 0 Å². The number of aryl methyl sites for hydroxylation is 1. The van der Waals surface area contributed by atoms with E-state index in [-0.39, 0.29) is 12.3 Å². The minimum atomic E-state index is -0.552. The summed E-state index contributed by atoms with van der Waals surface area (Å²) in [4.78, 5) is 14.0. The van der Waals surface area contributed by atoms with Crippen molar-refractivity contribution in [3.05, 3.63) is 34.1 Å². The van der Waals surface area contributed by atoms with Crippen molar-refractivity contribution in [1.82, 2.24) is 0 Å². The molecule has 0 aromatic carbocycles. The lowest BCUT2D eigenvalue weighted by atomic mass is 10.4. The molecule has 0 N–H and O–H groups in total. The van der Waals surface area contributed by atoms with Crippen LogP contribution >= 0.6 is 0 Å². The predicted molar refractivity (Wildman–Crippen MR) is 52.3 cm³/mol. The van der Waals surface area contributed by atoms with Crippen molar-refractivity contribution in [2.24, 2.45) is 5.11 Å². The quantitative estimate of drug-likeness (QED) is 0.330. The van der Waals surface area contributed by atoms with Gasteiger partial charge in [-0.1, -0.05) is 5.11 Å². The number of hydrogen-bond donors (Lipinski definition) is 0. The molecule has 0 fully saturated rings. The van der Waals surface area contributed by atoms with Crippen LogP contribution in [-0.2, 0) is 4.74 Å². The number of esters is 1. The maximum Gasteiger partial charge on any atom is 0.374 e. The van der Waals surface area contributed by atoms with Crippen LogP contribution in [0.3, 0.4) is 0 Å². The maximum atomic E-state index is 11.4. The molecule has 0 bridgehead atoms. The molecule has 6 heteroatoms. The number of rotatable bonds is 4. The van der Waals surface area contributed by atoms with Crippen LogP contribution < -0.4 is 0 Å². The highest BCUT2D eigenvalue weighted by molar-refractivity contribution is 5.86. The summed E-state index contributed by atoms with van der Waals surface area (Å²) in [6, 6.07) is 3.21. The van der Waals surface area contributed by atoms with E-state index in [2.05, 4.69) is 10.0 Å².